The molecule has 0 saturated carbocycles. The van der Waals surface area contributed by atoms with Crippen molar-refractivity contribution in [3.8, 4) is 11.8 Å². The van der Waals surface area contributed by atoms with Crippen LogP contribution in [0.1, 0.15) is 59.8 Å². The van der Waals surface area contributed by atoms with E-state index in [-0.39, 0.29) is 30.3 Å². The molecule has 3 aromatic rings. The number of Topliss-reactive ketones (excluding diaryl/α,β-unsaturated/α-hetero) is 1. The molecule has 1 unspecified atom stereocenters. The van der Waals surface area contributed by atoms with Gasteiger partial charge in [-0.3, -0.25) is 9.59 Å². The number of hydrogen-bond acceptors (Lipinski definition) is 6. The number of carboxylic acid groups (broad SMARTS) is 1. The normalized spacial score (nSPS) is 11.9. The predicted molar refractivity (Wildman–Crippen MR) is 131 cm³/mol. The molecule has 0 saturated heterocycles. The number of ketones is 1. The molecule has 9 heteroatoms. The van der Waals surface area contributed by atoms with Gasteiger partial charge in [-0.1, -0.05) is 13.0 Å². The van der Waals surface area contributed by atoms with Gasteiger partial charge >= 0.3 is 5.97 Å². The second-order valence-corrected chi connectivity index (χ2v) is 8.90. The number of nitriles is 1. The molecule has 0 fully saturated rings. The Hall–Kier alpha value is -3.77. The molecule has 8 nitrogen and oxygen atoms in total. The van der Waals surface area contributed by atoms with Crippen LogP contribution < -0.4 is 4.74 Å². The summed E-state index contributed by atoms with van der Waals surface area (Å²) in [6.07, 6.45) is 3.56. The number of methoxy groups -OCH3 is 1. The van der Waals surface area contributed by atoms with Crippen molar-refractivity contribution in [2.24, 2.45) is 13.0 Å². The lowest BCUT2D eigenvalue weighted by Crippen LogP contribution is -2.12. The SMILES string of the molecule is COc1cc(COCCCCc2c(C(=O)CC(C)CC(=O)O)c3cc(C#N)cnc3n2C)ccc1F. The number of hydrogen-bond donors (Lipinski definition) is 1. The summed E-state index contributed by atoms with van der Waals surface area (Å²) in [6, 6.07) is 8.34. The standard InChI is InChI=1S/C27H30FN3O5/c1-17(11-25(33)34)10-23(32)26-20-12-19(14-29)15-30-27(20)31(2)22(26)6-4-5-9-36-16-18-7-8-21(28)24(13-18)35-3/h7-8,12-13,15,17H,4-6,9-11,16H2,1-3H3,(H,33,34). The highest BCUT2D eigenvalue weighted by Crippen LogP contribution is 2.29. The molecular weight excluding hydrogens is 465 g/mol. The highest BCUT2D eigenvalue weighted by molar-refractivity contribution is 6.09. The van der Waals surface area contributed by atoms with Crippen molar-refractivity contribution in [3.05, 3.63) is 58.7 Å². The van der Waals surface area contributed by atoms with E-state index in [9.17, 15) is 19.2 Å². The summed E-state index contributed by atoms with van der Waals surface area (Å²) in [5.74, 6) is -1.65. The van der Waals surface area contributed by atoms with Crippen LogP contribution in [0.3, 0.4) is 0 Å². The van der Waals surface area contributed by atoms with E-state index in [4.69, 9.17) is 14.6 Å². The number of rotatable bonds is 13. The smallest absolute Gasteiger partial charge is 0.303 e. The van der Waals surface area contributed by atoms with Crippen LogP contribution in [0, 0.1) is 23.1 Å². The quantitative estimate of drug-likeness (QED) is 0.267. The third-order valence-electron chi connectivity index (χ3n) is 6.05. The maximum absolute atomic E-state index is 13.5. The minimum atomic E-state index is -0.944. The first-order valence-corrected chi connectivity index (χ1v) is 11.8. The van der Waals surface area contributed by atoms with Gasteiger partial charge in [-0.15, -0.1) is 0 Å². The Morgan fingerprint density at radius 2 is 2.03 bits per heavy atom. The first-order chi connectivity index (χ1) is 17.2. The van der Waals surface area contributed by atoms with Gasteiger partial charge < -0.3 is 19.1 Å². The molecule has 190 valence electrons. The largest absolute Gasteiger partial charge is 0.494 e. The Morgan fingerprint density at radius 1 is 1.25 bits per heavy atom. The van der Waals surface area contributed by atoms with Crippen LogP contribution >= 0.6 is 0 Å². The van der Waals surface area contributed by atoms with Gasteiger partial charge in [-0.25, -0.2) is 9.37 Å². The van der Waals surface area contributed by atoms with Crippen LogP contribution in [0.5, 0.6) is 5.75 Å². The summed E-state index contributed by atoms with van der Waals surface area (Å²) in [5.41, 5.74) is 3.10. The van der Waals surface area contributed by atoms with Gasteiger partial charge in [0.2, 0.25) is 0 Å². The van der Waals surface area contributed by atoms with Gasteiger partial charge in [0.1, 0.15) is 11.7 Å². The number of aliphatic carboxylic acids is 1. The molecule has 0 amide bonds. The van der Waals surface area contributed by atoms with E-state index >= 15 is 0 Å². The van der Waals surface area contributed by atoms with Crippen molar-refractivity contribution in [1.29, 1.82) is 5.26 Å². The fraction of sp³-hybridized carbons (Fsp3) is 0.407. The molecule has 1 N–H and O–H groups in total. The van der Waals surface area contributed by atoms with E-state index in [1.807, 2.05) is 11.6 Å². The summed E-state index contributed by atoms with van der Waals surface area (Å²) < 4.78 is 26.1. The zero-order valence-corrected chi connectivity index (χ0v) is 20.7. The number of aromatic nitrogens is 2. The average Bonchev–Trinajstić information content (AvgIpc) is 3.12. The third kappa shape index (κ3) is 6.46. The van der Waals surface area contributed by atoms with Crippen LogP contribution in [-0.2, 0) is 29.6 Å². The lowest BCUT2D eigenvalue weighted by atomic mass is 9.94. The molecule has 0 aliphatic carbocycles. The van der Waals surface area contributed by atoms with Gasteiger partial charge in [0.05, 0.1) is 19.3 Å². The van der Waals surface area contributed by atoms with Crippen LogP contribution in [-0.4, -0.2) is 40.1 Å². The molecule has 36 heavy (non-hydrogen) atoms. The van der Waals surface area contributed by atoms with Crippen molar-refractivity contribution in [2.75, 3.05) is 13.7 Å². The predicted octanol–water partition coefficient (Wildman–Crippen LogP) is 4.82. The highest BCUT2D eigenvalue weighted by Gasteiger charge is 2.24. The van der Waals surface area contributed by atoms with Crippen molar-refractivity contribution in [1.82, 2.24) is 9.55 Å². The molecule has 0 aliphatic rings. The minimum absolute atomic E-state index is 0.0925. The monoisotopic (exact) mass is 495 g/mol. The molecule has 1 aromatic carbocycles. The molecule has 3 rings (SSSR count). The maximum atomic E-state index is 13.5. The van der Waals surface area contributed by atoms with E-state index in [1.54, 1.807) is 25.1 Å². The van der Waals surface area contributed by atoms with Gasteiger partial charge in [-0.05, 0) is 48.9 Å². The average molecular weight is 496 g/mol. The highest BCUT2D eigenvalue weighted by atomic mass is 19.1. The summed E-state index contributed by atoms with van der Waals surface area (Å²) in [6.45, 7) is 2.56. The number of halogens is 1. The molecule has 0 spiro atoms. The topological polar surface area (TPSA) is 114 Å². The molecule has 0 bridgehead atoms. The van der Waals surface area contributed by atoms with Crippen LogP contribution in [0.2, 0.25) is 0 Å². The first-order valence-electron chi connectivity index (χ1n) is 11.8. The number of nitrogens with zero attached hydrogens (tertiary/aromatic N) is 3. The molecule has 0 radical (unpaired) electrons. The van der Waals surface area contributed by atoms with Gasteiger partial charge in [-0.2, -0.15) is 5.26 Å². The fourth-order valence-electron chi connectivity index (χ4n) is 4.29. The number of ether oxygens (including phenoxy) is 2. The second-order valence-electron chi connectivity index (χ2n) is 8.90. The van der Waals surface area contributed by atoms with Gasteiger partial charge in [0.15, 0.2) is 17.3 Å². The number of benzene rings is 1. The Balaban J connectivity index is 1.69. The second kappa shape index (κ2) is 12.3. The van der Waals surface area contributed by atoms with Crippen LogP contribution in [0.25, 0.3) is 11.0 Å². The van der Waals surface area contributed by atoms with Crippen LogP contribution in [0.4, 0.5) is 4.39 Å². The molecular formula is C27H30FN3O5. The number of carbonyl (C=O) groups is 2. The fourth-order valence-corrected chi connectivity index (χ4v) is 4.29. The van der Waals surface area contributed by atoms with E-state index < -0.39 is 11.8 Å². The summed E-state index contributed by atoms with van der Waals surface area (Å²) >= 11 is 0. The molecule has 0 aliphatic heterocycles. The summed E-state index contributed by atoms with van der Waals surface area (Å²) in [5, 5.41) is 19.0. The Bertz CT molecular complexity index is 1290. The van der Waals surface area contributed by atoms with Crippen molar-refractivity contribution in [3.63, 3.8) is 0 Å². The lowest BCUT2D eigenvalue weighted by Gasteiger charge is -2.11. The van der Waals surface area contributed by atoms with E-state index in [2.05, 4.69) is 11.1 Å². The number of unbranched alkanes of at least 4 members (excludes halogenated alkanes) is 1. The third-order valence-corrected chi connectivity index (χ3v) is 6.05. The molecule has 1 atom stereocenters. The molecule has 2 heterocycles. The van der Waals surface area contributed by atoms with E-state index in [0.29, 0.717) is 41.8 Å². The lowest BCUT2D eigenvalue weighted by molar-refractivity contribution is -0.137. The molecule has 2 aromatic heterocycles. The maximum Gasteiger partial charge on any atom is 0.303 e. The number of carbonyl (C=O) groups excluding carboxylic acids is 1. The van der Waals surface area contributed by atoms with Crippen molar-refractivity contribution in [2.45, 2.75) is 45.6 Å². The first kappa shape index (κ1) is 26.8. The van der Waals surface area contributed by atoms with Gasteiger partial charge in [0.25, 0.3) is 0 Å². The summed E-state index contributed by atoms with van der Waals surface area (Å²) in [4.78, 5) is 28.7. The Kier molecular flexibility index (Phi) is 9.14. The van der Waals surface area contributed by atoms with E-state index in [1.165, 1.54) is 19.4 Å². The Morgan fingerprint density at radius 3 is 2.72 bits per heavy atom. The summed E-state index contributed by atoms with van der Waals surface area (Å²) in [7, 11) is 3.26. The number of pyridine rings is 1. The van der Waals surface area contributed by atoms with Crippen molar-refractivity contribution < 1.29 is 28.6 Å². The zero-order valence-electron chi connectivity index (χ0n) is 20.7. The van der Waals surface area contributed by atoms with Gasteiger partial charge in [0, 0.05) is 49.3 Å². The van der Waals surface area contributed by atoms with E-state index in [0.717, 1.165) is 24.1 Å². The number of fused-ring (bicyclic) bond motifs is 1. The van der Waals surface area contributed by atoms with Crippen LogP contribution in [0.15, 0.2) is 30.5 Å². The number of aryl methyl sites for hydroxylation is 1. The minimum Gasteiger partial charge on any atom is -0.494 e. The number of carboxylic acids is 1. The zero-order chi connectivity index (χ0) is 26.2. The van der Waals surface area contributed by atoms with Crippen molar-refractivity contribution >= 4 is 22.8 Å². The Labute approximate surface area is 209 Å².